The van der Waals surface area contributed by atoms with Crippen LogP contribution in [0.4, 0.5) is 0 Å². The van der Waals surface area contributed by atoms with Crippen LogP contribution >= 0.6 is 11.3 Å². The van der Waals surface area contributed by atoms with E-state index in [0.29, 0.717) is 5.92 Å². The van der Waals surface area contributed by atoms with Crippen LogP contribution in [-0.2, 0) is 6.54 Å². The van der Waals surface area contributed by atoms with E-state index in [-0.39, 0.29) is 0 Å². The third-order valence-corrected chi connectivity index (χ3v) is 5.42. The smallest absolute Gasteiger partial charge is 0.131 e. The van der Waals surface area contributed by atoms with Crippen LogP contribution in [0, 0.1) is 17.8 Å². The van der Waals surface area contributed by atoms with E-state index in [0.717, 1.165) is 35.9 Å². The maximum Gasteiger partial charge on any atom is 0.131 e. The Bertz CT molecular complexity index is 401. The summed E-state index contributed by atoms with van der Waals surface area (Å²) >= 11 is 1.84. The lowest BCUT2D eigenvalue weighted by atomic mass is 9.89. The summed E-state index contributed by atoms with van der Waals surface area (Å²) in [6, 6.07) is 0. The molecule has 18 heavy (non-hydrogen) atoms. The van der Waals surface area contributed by atoms with Crippen LogP contribution in [0.25, 0.3) is 0 Å². The molecule has 2 bridgehead atoms. The predicted molar refractivity (Wildman–Crippen MR) is 74.6 cm³/mol. The van der Waals surface area contributed by atoms with E-state index in [4.69, 9.17) is 0 Å². The van der Waals surface area contributed by atoms with Gasteiger partial charge in [-0.05, 0) is 43.6 Å². The van der Waals surface area contributed by atoms with Crippen molar-refractivity contribution in [1.82, 2.24) is 15.5 Å². The zero-order chi connectivity index (χ0) is 12.5. The first-order valence-electron chi connectivity index (χ1n) is 7.25. The molecule has 3 unspecified atom stereocenters. The third-order valence-electron chi connectivity index (χ3n) is 4.37. The van der Waals surface area contributed by atoms with Gasteiger partial charge < -0.3 is 5.32 Å². The predicted octanol–water partition coefficient (Wildman–Crippen LogP) is 3.19. The van der Waals surface area contributed by atoms with Crippen molar-refractivity contribution in [3.05, 3.63) is 10.0 Å². The average Bonchev–Trinajstić information content (AvgIpc) is 3.03. The van der Waals surface area contributed by atoms with Gasteiger partial charge in [-0.2, -0.15) is 0 Å². The average molecular weight is 265 g/mol. The number of hydrogen-bond acceptors (Lipinski definition) is 4. The molecule has 3 nitrogen and oxygen atoms in total. The summed E-state index contributed by atoms with van der Waals surface area (Å²) in [7, 11) is 0. The summed E-state index contributed by atoms with van der Waals surface area (Å²) in [5.41, 5.74) is 0. The second-order valence-electron chi connectivity index (χ2n) is 6.34. The quantitative estimate of drug-likeness (QED) is 0.888. The Hall–Kier alpha value is -0.480. The van der Waals surface area contributed by atoms with E-state index in [1.165, 1.54) is 30.7 Å². The van der Waals surface area contributed by atoms with Crippen molar-refractivity contribution in [2.45, 2.75) is 52.0 Å². The first-order chi connectivity index (χ1) is 8.72. The van der Waals surface area contributed by atoms with Crippen molar-refractivity contribution in [1.29, 1.82) is 0 Å². The van der Waals surface area contributed by atoms with Gasteiger partial charge in [0.1, 0.15) is 10.0 Å². The molecule has 0 amide bonds. The Labute approximate surface area is 113 Å². The summed E-state index contributed by atoms with van der Waals surface area (Å²) in [4.78, 5) is 0. The largest absolute Gasteiger partial charge is 0.310 e. The Morgan fingerprint density at radius 2 is 2.17 bits per heavy atom. The highest BCUT2D eigenvalue weighted by Gasteiger charge is 2.41. The topological polar surface area (TPSA) is 37.8 Å². The Kier molecular flexibility index (Phi) is 3.66. The fraction of sp³-hybridized carbons (Fsp3) is 0.857. The van der Waals surface area contributed by atoms with Crippen molar-refractivity contribution in [3.63, 3.8) is 0 Å². The molecule has 3 atom stereocenters. The normalized spacial score (nSPS) is 30.5. The number of hydrogen-bond donors (Lipinski definition) is 1. The standard InChI is InChI=1S/C14H23N3S/c1-9(2)7-15-8-13-16-17-14(18-13)12-6-10-3-4-11(12)5-10/h9-12,15H,3-8H2,1-2H3. The van der Waals surface area contributed by atoms with Gasteiger partial charge in [-0.3, -0.25) is 0 Å². The van der Waals surface area contributed by atoms with Crippen LogP contribution in [0.5, 0.6) is 0 Å². The van der Waals surface area contributed by atoms with Gasteiger partial charge in [0.2, 0.25) is 0 Å². The maximum absolute atomic E-state index is 4.44. The molecule has 2 saturated carbocycles. The SMILES string of the molecule is CC(C)CNCc1nnc(C2CC3CCC2C3)s1. The zero-order valence-electron chi connectivity index (χ0n) is 11.4. The van der Waals surface area contributed by atoms with Gasteiger partial charge in [-0.1, -0.05) is 31.6 Å². The molecule has 1 heterocycles. The molecule has 2 aliphatic carbocycles. The minimum atomic E-state index is 0.697. The van der Waals surface area contributed by atoms with E-state index in [2.05, 4.69) is 29.4 Å². The van der Waals surface area contributed by atoms with E-state index in [9.17, 15) is 0 Å². The molecule has 1 aromatic rings. The van der Waals surface area contributed by atoms with Crippen molar-refractivity contribution in [2.24, 2.45) is 17.8 Å². The number of rotatable bonds is 5. The van der Waals surface area contributed by atoms with Gasteiger partial charge in [-0.15, -0.1) is 10.2 Å². The molecule has 4 heteroatoms. The van der Waals surface area contributed by atoms with Crippen LogP contribution in [0.1, 0.15) is 55.5 Å². The zero-order valence-corrected chi connectivity index (χ0v) is 12.2. The van der Waals surface area contributed by atoms with Gasteiger partial charge in [-0.25, -0.2) is 0 Å². The van der Waals surface area contributed by atoms with Gasteiger partial charge in [0.05, 0.1) is 0 Å². The highest BCUT2D eigenvalue weighted by Crippen LogP contribution is 2.53. The van der Waals surface area contributed by atoms with Crippen LogP contribution in [0.2, 0.25) is 0 Å². The lowest BCUT2D eigenvalue weighted by Crippen LogP contribution is -2.18. The van der Waals surface area contributed by atoms with E-state index in [1.807, 2.05) is 11.3 Å². The Morgan fingerprint density at radius 3 is 2.83 bits per heavy atom. The first-order valence-corrected chi connectivity index (χ1v) is 8.07. The summed E-state index contributed by atoms with van der Waals surface area (Å²) in [6.45, 7) is 6.40. The molecule has 1 N–H and O–H groups in total. The summed E-state index contributed by atoms with van der Waals surface area (Å²) in [5.74, 6) is 3.34. The van der Waals surface area contributed by atoms with Crippen molar-refractivity contribution in [2.75, 3.05) is 6.54 Å². The first kappa shape index (κ1) is 12.5. The van der Waals surface area contributed by atoms with Crippen LogP contribution in [-0.4, -0.2) is 16.7 Å². The van der Waals surface area contributed by atoms with Gasteiger partial charge in [0.15, 0.2) is 0 Å². The van der Waals surface area contributed by atoms with Crippen LogP contribution in [0.3, 0.4) is 0 Å². The summed E-state index contributed by atoms with van der Waals surface area (Å²) < 4.78 is 0. The molecular formula is C14H23N3S. The monoisotopic (exact) mass is 265 g/mol. The summed E-state index contributed by atoms with van der Waals surface area (Å²) in [5, 5.41) is 14.7. The molecule has 0 aliphatic heterocycles. The summed E-state index contributed by atoms with van der Waals surface area (Å²) in [6.07, 6.45) is 5.71. The molecule has 0 spiro atoms. The van der Waals surface area contributed by atoms with Crippen molar-refractivity contribution >= 4 is 11.3 Å². The number of fused-ring (bicyclic) bond motifs is 2. The highest BCUT2D eigenvalue weighted by atomic mass is 32.1. The molecular weight excluding hydrogens is 242 g/mol. The Morgan fingerprint density at radius 1 is 1.28 bits per heavy atom. The number of nitrogens with zero attached hydrogens (tertiary/aromatic N) is 2. The van der Waals surface area contributed by atoms with Gasteiger partial charge in [0.25, 0.3) is 0 Å². The lowest BCUT2D eigenvalue weighted by Gasteiger charge is -2.18. The van der Waals surface area contributed by atoms with Crippen LogP contribution < -0.4 is 5.32 Å². The second-order valence-corrected chi connectivity index (χ2v) is 7.43. The molecule has 2 fully saturated rings. The second kappa shape index (κ2) is 5.25. The number of aromatic nitrogens is 2. The Balaban J connectivity index is 1.56. The van der Waals surface area contributed by atoms with E-state index in [1.54, 1.807) is 0 Å². The van der Waals surface area contributed by atoms with E-state index >= 15 is 0 Å². The van der Waals surface area contributed by atoms with Crippen LogP contribution in [0.15, 0.2) is 0 Å². The van der Waals surface area contributed by atoms with Crippen molar-refractivity contribution in [3.8, 4) is 0 Å². The lowest BCUT2D eigenvalue weighted by molar-refractivity contribution is 0.417. The van der Waals surface area contributed by atoms with Gasteiger partial charge >= 0.3 is 0 Å². The minimum Gasteiger partial charge on any atom is -0.310 e. The molecule has 3 rings (SSSR count). The highest BCUT2D eigenvalue weighted by molar-refractivity contribution is 7.11. The number of nitrogens with one attached hydrogen (secondary N) is 1. The molecule has 2 aliphatic rings. The molecule has 0 radical (unpaired) electrons. The van der Waals surface area contributed by atoms with E-state index < -0.39 is 0 Å². The fourth-order valence-electron chi connectivity index (χ4n) is 3.50. The van der Waals surface area contributed by atoms with Gasteiger partial charge in [0, 0.05) is 12.5 Å². The maximum atomic E-state index is 4.44. The molecule has 0 aromatic carbocycles. The minimum absolute atomic E-state index is 0.697. The van der Waals surface area contributed by atoms with Crippen molar-refractivity contribution < 1.29 is 0 Å². The fourth-order valence-corrected chi connectivity index (χ4v) is 4.52. The molecule has 0 saturated heterocycles. The molecule has 100 valence electrons. The molecule has 1 aromatic heterocycles. The third kappa shape index (κ3) is 2.59.